The van der Waals surface area contributed by atoms with Crippen LogP contribution in [0, 0.1) is 0 Å². The van der Waals surface area contributed by atoms with Gasteiger partial charge in [0.2, 0.25) is 23.5 Å². The number of carbonyl (C=O) groups excluding carboxylic acids is 4. The van der Waals surface area contributed by atoms with Crippen LogP contribution in [0.3, 0.4) is 0 Å². The fourth-order valence-corrected chi connectivity index (χ4v) is 5.39. The minimum absolute atomic E-state index is 0.0849. The number of rotatable bonds is 5. The molecule has 1 N–H and O–H groups in total. The highest BCUT2D eigenvalue weighted by atomic mass is 16.5. The summed E-state index contributed by atoms with van der Waals surface area (Å²) < 4.78 is 11.0. The lowest BCUT2D eigenvalue weighted by Gasteiger charge is -2.29. The largest absolute Gasteiger partial charge is 0.381 e. The van der Waals surface area contributed by atoms with Gasteiger partial charge in [0.1, 0.15) is 11.7 Å². The van der Waals surface area contributed by atoms with Gasteiger partial charge in [-0.05, 0) is 37.3 Å². The van der Waals surface area contributed by atoms with E-state index >= 15 is 0 Å². The first-order chi connectivity index (χ1) is 17.5. The van der Waals surface area contributed by atoms with Gasteiger partial charge in [-0.2, -0.15) is 4.98 Å². The summed E-state index contributed by atoms with van der Waals surface area (Å²) in [4.78, 5) is 57.6. The fraction of sp³-hybridized carbons (Fsp3) is 0.440. The molecule has 2 atom stereocenters. The summed E-state index contributed by atoms with van der Waals surface area (Å²) in [6, 6.07) is 7.02. The van der Waals surface area contributed by atoms with E-state index in [2.05, 4.69) is 21.5 Å². The second-order valence-corrected chi connectivity index (χ2v) is 9.50. The van der Waals surface area contributed by atoms with Crippen LogP contribution in [-0.4, -0.2) is 69.4 Å². The topological polar surface area (TPSA) is 135 Å². The molecule has 2 aromatic rings. The number of benzene rings is 1. The predicted molar refractivity (Wildman–Crippen MR) is 123 cm³/mol. The van der Waals surface area contributed by atoms with Gasteiger partial charge in [0.15, 0.2) is 0 Å². The minimum atomic E-state index is -0.984. The van der Waals surface area contributed by atoms with Crippen molar-refractivity contribution in [3.8, 4) is 11.4 Å². The molecule has 0 spiro atoms. The van der Waals surface area contributed by atoms with Crippen molar-refractivity contribution in [1.82, 2.24) is 25.3 Å². The number of aromatic nitrogens is 2. The van der Waals surface area contributed by atoms with Crippen LogP contribution in [0.15, 0.2) is 40.1 Å². The van der Waals surface area contributed by atoms with E-state index in [1.807, 2.05) is 18.2 Å². The smallest absolute Gasteiger partial charge is 0.278 e. The molecule has 2 fully saturated rings. The summed E-state index contributed by atoms with van der Waals surface area (Å²) in [7, 11) is 0. The van der Waals surface area contributed by atoms with Gasteiger partial charge in [-0.1, -0.05) is 23.4 Å². The van der Waals surface area contributed by atoms with Gasteiger partial charge < -0.3 is 14.2 Å². The predicted octanol–water partition coefficient (Wildman–Crippen LogP) is 1.26. The summed E-state index contributed by atoms with van der Waals surface area (Å²) in [6.45, 7) is 2.17. The number of imide groups is 2. The molecule has 1 aromatic heterocycles. The maximum atomic E-state index is 13.3. The van der Waals surface area contributed by atoms with Crippen LogP contribution in [0.5, 0.6) is 0 Å². The maximum absolute atomic E-state index is 13.3. The number of hydrogen-bond donors (Lipinski definition) is 1. The Morgan fingerprint density at radius 2 is 1.97 bits per heavy atom. The van der Waals surface area contributed by atoms with Crippen LogP contribution in [0.2, 0.25) is 0 Å². The minimum Gasteiger partial charge on any atom is -0.381 e. The van der Waals surface area contributed by atoms with E-state index in [0.717, 1.165) is 23.5 Å². The summed E-state index contributed by atoms with van der Waals surface area (Å²) >= 11 is 0. The van der Waals surface area contributed by atoms with Crippen LogP contribution >= 0.6 is 0 Å². The van der Waals surface area contributed by atoms with Gasteiger partial charge in [0.05, 0.1) is 13.2 Å². The maximum Gasteiger partial charge on any atom is 0.278 e. The van der Waals surface area contributed by atoms with Crippen molar-refractivity contribution in [2.75, 3.05) is 19.8 Å². The molecule has 0 aliphatic carbocycles. The Bertz CT molecular complexity index is 1290. The second kappa shape index (κ2) is 8.98. The Hall–Kier alpha value is -3.86. The van der Waals surface area contributed by atoms with Crippen molar-refractivity contribution in [3.05, 3.63) is 47.0 Å². The lowest BCUT2D eigenvalue weighted by atomic mass is 9.97. The summed E-state index contributed by atoms with van der Waals surface area (Å²) in [5.74, 6) is -0.864. The van der Waals surface area contributed by atoms with Crippen molar-refractivity contribution in [2.24, 2.45) is 0 Å². The van der Waals surface area contributed by atoms with Gasteiger partial charge >= 0.3 is 0 Å². The number of piperidine rings is 1. The number of hydrogen-bond acceptors (Lipinski definition) is 9. The molecule has 186 valence electrons. The normalized spacial score (nSPS) is 24.6. The molecule has 6 rings (SSSR count). The summed E-state index contributed by atoms with van der Waals surface area (Å²) in [6.07, 6.45) is 2.32. The number of ether oxygens (including phenoxy) is 1. The third-order valence-electron chi connectivity index (χ3n) is 7.22. The van der Waals surface area contributed by atoms with Crippen LogP contribution in [0.4, 0.5) is 0 Å². The second-order valence-electron chi connectivity index (χ2n) is 9.50. The van der Waals surface area contributed by atoms with Gasteiger partial charge in [-0.15, -0.1) is 0 Å². The first-order valence-corrected chi connectivity index (χ1v) is 12.2. The Balaban J connectivity index is 1.21. The molecule has 5 heterocycles. The molecular formula is C25H25N5O6. The molecule has 4 amide bonds. The highest BCUT2D eigenvalue weighted by Gasteiger charge is 2.48. The Morgan fingerprint density at radius 3 is 2.78 bits per heavy atom. The standard InChI is InChI=1S/C25H25N5O6/c31-19-7-6-18(23(32)26-19)30-24(33)17-5-2-9-29(21(17)25(30)34)12-20-27-22(28-36-20)15-4-1-3-14(11-15)16-8-10-35-13-16/h1,3-4,11,16,18H,2,5-10,12-13H2,(H,26,31,32). The Kier molecular flexibility index (Phi) is 5.63. The van der Waals surface area contributed by atoms with Gasteiger partial charge in [-0.25, -0.2) is 0 Å². The zero-order chi connectivity index (χ0) is 24.8. The van der Waals surface area contributed by atoms with Crippen molar-refractivity contribution >= 4 is 23.6 Å². The SMILES string of the molecule is O=C1CCC(N2C(=O)C3=C(C2=O)N(Cc2nc(-c4cccc(C5CCOC5)c4)no2)CCC3)C(=O)N1. The molecule has 0 radical (unpaired) electrons. The Morgan fingerprint density at radius 1 is 1.08 bits per heavy atom. The van der Waals surface area contributed by atoms with Crippen molar-refractivity contribution < 1.29 is 28.4 Å². The van der Waals surface area contributed by atoms with Crippen LogP contribution in [-0.2, 0) is 30.5 Å². The third-order valence-corrected chi connectivity index (χ3v) is 7.22. The van der Waals surface area contributed by atoms with Gasteiger partial charge in [0.25, 0.3) is 11.8 Å². The molecule has 0 saturated carbocycles. The Labute approximate surface area is 206 Å². The number of amides is 4. The molecule has 0 bridgehead atoms. The fourth-order valence-electron chi connectivity index (χ4n) is 5.39. The van der Waals surface area contributed by atoms with E-state index in [1.54, 1.807) is 4.90 Å². The van der Waals surface area contributed by atoms with E-state index in [9.17, 15) is 19.2 Å². The summed E-state index contributed by atoms with van der Waals surface area (Å²) in [5, 5.41) is 6.36. The molecule has 1 aromatic carbocycles. The third kappa shape index (κ3) is 3.89. The van der Waals surface area contributed by atoms with Crippen LogP contribution < -0.4 is 5.32 Å². The summed E-state index contributed by atoms with van der Waals surface area (Å²) in [5.41, 5.74) is 2.68. The van der Waals surface area contributed by atoms with E-state index < -0.39 is 29.7 Å². The molecule has 4 aliphatic rings. The highest BCUT2D eigenvalue weighted by Crippen LogP contribution is 2.35. The average Bonchev–Trinajstić information content (AvgIpc) is 3.62. The molecule has 36 heavy (non-hydrogen) atoms. The number of nitrogens with zero attached hydrogens (tertiary/aromatic N) is 4. The van der Waals surface area contributed by atoms with Crippen LogP contribution in [0.1, 0.15) is 49.5 Å². The van der Waals surface area contributed by atoms with Crippen molar-refractivity contribution in [3.63, 3.8) is 0 Å². The first kappa shape index (κ1) is 22.6. The average molecular weight is 492 g/mol. The van der Waals surface area contributed by atoms with Crippen LogP contribution in [0.25, 0.3) is 11.4 Å². The quantitative estimate of drug-likeness (QED) is 0.613. The molecule has 2 unspecified atom stereocenters. The lowest BCUT2D eigenvalue weighted by molar-refractivity contribution is -0.150. The molecule has 4 aliphatic heterocycles. The molecule has 2 saturated heterocycles. The van der Waals surface area contributed by atoms with E-state index in [-0.39, 0.29) is 25.1 Å². The zero-order valence-electron chi connectivity index (χ0n) is 19.6. The molecule has 11 nitrogen and oxygen atoms in total. The van der Waals surface area contributed by atoms with E-state index in [0.29, 0.717) is 49.2 Å². The zero-order valence-corrected chi connectivity index (χ0v) is 19.6. The van der Waals surface area contributed by atoms with Crippen molar-refractivity contribution in [1.29, 1.82) is 0 Å². The van der Waals surface area contributed by atoms with E-state index in [4.69, 9.17) is 9.26 Å². The first-order valence-electron chi connectivity index (χ1n) is 12.2. The molecule has 11 heteroatoms. The number of carbonyl (C=O) groups is 4. The number of nitrogens with one attached hydrogen (secondary N) is 1. The lowest BCUT2D eigenvalue weighted by Crippen LogP contribution is -2.55. The van der Waals surface area contributed by atoms with Gasteiger partial charge in [0, 0.05) is 36.6 Å². The van der Waals surface area contributed by atoms with Crippen molar-refractivity contribution in [2.45, 2.75) is 50.6 Å². The highest BCUT2D eigenvalue weighted by molar-refractivity contribution is 6.21. The van der Waals surface area contributed by atoms with Gasteiger partial charge in [-0.3, -0.25) is 29.4 Å². The molecular weight excluding hydrogens is 466 g/mol. The monoisotopic (exact) mass is 491 g/mol. The van der Waals surface area contributed by atoms with E-state index in [1.165, 1.54) is 5.56 Å².